The average Bonchev–Trinajstić information content (AvgIpc) is 1.58. The van der Waals surface area contributed by atoms with E-state index in [1.165, 1.54) is 571 Å². The van der Waals surface area contributed by atoms with E-state index >= 15 is 0 Å². The van der Waals surface area contributed by atoms with Crippen LogP contribution in [-0.2, 0) is 51.5 Å². The predicted molar refractivity (Wildman–Crippen MR) is 543 cm³/mol. The summed E-state index contributed by atoms with van der Waals surface area (Å²) in [7, 11) is 0. The molecule has 3 aromatic heterocycles. The van der Waals surface area contributed by atoms with Crippen molar-refractivity contribution < 1.29 is 0 Å². The van der Waals surface area contributed by atoms with Crippen molar-refractivity contribution in [2.75, 3.05) is 0 Å². The van der Waals surface area contributed by atoms with Gasteiger partial charge in [0.2, 0.25) is 0 Å². The van der Waals surface area contributed by atoms with E-state index in [4.69, 9.17) is 15.0 Å². The van der Waals surface area contributed by atoms with Crippen molar-refractivity contribution in [2.24, 2.45) is 0 Å². The van der Waals surface area contributed by atoms with Gasteiger partial charge in [-0.25, -0.2) is 9.97 Å². The first kappa shape index (κ1) is 107. The van der Waals surface area contributed by atoms with Gasteiger partial charge in [-0.3, -0.25) is 0 Å². The number of hydrogen-bond donors (Lipinski definition) is 1. The van der Waals surface area contributed by atoms with Crippen LogP contribution >= 0.6 is 0 Å². The molecule has 5 heterocycles. The second-order valence-electron chi connectivity index (χ2n) is 39.4. The molecule has 0 amide bonds. The first-order chi connectivity index (χ1) is 59.5. The van der Waals surface area contributed by atoms with Gasteiger partial charge in [-0.15, -0.1) is 0 Å². The molecule has 0 spiro atoms. The summed E-state index contributed by atoms with van der Waals surface area (Å²) in [6, 6.07) is 2.80. The number of rotatable bonds is 88. The molecule has 2 aliphatic heterocycles. The monoisotopic (exact) mass is 1660 g/mol. The Labute approximate surface area is 749 Å². The van der Waals surface area contributed by atoms with Crippen LogP contribution in [0.1, 0.15) is 631 Å². The SMILES string of the molecule is CCCCCCCCCCCCc1c2nc(c(CCCCCCCCCCCC)c3cc(CCCCCCCCCCCC)c([nH]3)c(CCCCCCCCCCCC)c3c(CCCCCCCCCCCC)c(CCCCCCCCCCCC)c(c(CCCCCCCCCCCC)c4nc1C=C4)n3CCCCCCCCCCCC)C=C2. The summed E-state index contributed by atoms with van der Waals surface area (Å²) in [6.45, 7) is 20.1. The Bertz CT molecular complexity index is 3090. The van der Waals surface area contributed by atoms with E-state index in [2.05, 4.69) is 90.3 Å². The largest absolute Gasteiger partial charge is 0.355 e. The molecule has 4 heteroatoms. The van der Waals surface area contributed by atoms with Crippen molar-refractivity contribution >= 4 is 46.4 Å². The molecule has 0 saturated carbocycles. The van der Waals surface area contributed by atoms with Gasteiger partial charge in [-0.05, 0) is 149 Å². The van der Waals surface area contributed by atoms with Crippen LogP contribution in [0.25, 0.3) is 46.4 Å². The molecular weight excluding hydrogens is 1450 g/mol. The molecule has 0 atom stereocenters. The van der Waals surface area contributed by atoms with Crippen molar-refractivity contribution in [3.8, 4) is 0 Å². The third kappa shape index (κ3) is 48.5. The maximum atomic E-state index is 6.26. The molecule has 0 unspecified atom stereocenters. The van der Waals surface area contributed by atoms with Gasteiger partial charge in [-0.1, -0.05) is 518 Å². The van der Waals surface area contributed by atoms with Gasteiger partial charge in [0.1, 0.15) is 0 Å². The Morgan fingerprint density at radius 2 is 0.383 bits per heavy atom. The highest BCUT2D eigenvalue weighted by molar-refractivity contribution is 5.88. The summed E-state index contributed by atoms with van der Waals surface area (Å²) < 4.78 is 3.19. The second-order valence-corrected chi connectivity index (χ2v) is 39.4. The number of aromatic amines is 1. The normalized spacial score (nSPS) is 12.2. The van der Waals surface area contributed by atoms with Gasteiger partial charge in [0.05, 0.1) is 33.8 Å². The lowest BCUT2D eigenvalue weighted by atomic mass is 9.93. The number of hydrogen-bond acceptors (Lipinski definition) is 2. The van der Waals surface area contributed by atoms with Crippen LogP contribution in [0.4, 0.5) is 0 Å². The van der Waals surface area contributed by atoms with Crippen LogP contribution in [0.15, 0.2) is 6.07 Å². The zero-order valence-corrected chi connectivity index (χ0v) is 82.5. The van der Waals surface area contributed by atoms with Crippen molar-refractivity contribution in [3.63, 3.8) is 0 Å². The van der Waals surface area contributed by atoms with Gasteiger partial charge in [0, 0.05) is 34.3 Å². The van der Waals surface area contributed by atoms with Crippen LogP contribution in [0.3, 0.4) is 0 Å². The van der Waals surface area contributed by atoms with E-state index in [0.29, 0.717) is 0 Å². The fourth-order valence-electron chi connectivity index (χ4n) is 20.5. The summed E-state index contributed by atoms with van der Waals surface area (Å²) in [5.74, 6) is 0. The summed E-state index contributed by atoms with van der Waals surface area (Å²) in [6.07, 6.45) is 128. The number of H-pyrrole nitrogens is 1. The fourth-order valence-corrected chi connectivity index (χ4v) is 20.5. The second kappa shape index (κ2) is 76.8. The van der Waals surface area contributed by atoms with E-state index in [0.717, 1.165) is 38.6 Å². The van der Waals surface area contributed by atoms with Gasteiger partial charge >= 0.3 is 0 Å². The standard InChI is InChI=1S/C116H206N4/c1-9-17-25-33-41-49-57-65-73-81-89-102-101-113-106(93-85-77-69-61-53-45-37-29-21-13-5)111-97-96-109(117-111)105(92-84-76-68-60-52-44-36-28-20-12-4)110-98-99-112(118-110)107(94-86-78-70-62-54-46-38-30-22-14-6)115-103(90-82-74-66-58-50-42-34-26-18-10-2)104(91-83-75-67-59-51-43-35-27-19-11-3)116(120(115)100-88-80-72-64-56-48-40-32-24-16-8)108(114(102)119-113)95-87-79-71-63-55-47-39-31-23-15-7/h96-99,101,119H,9-95,100H2,1-8H3. The highest BCUT2D eigenvalue weighted by Crippen LogP contribution is 2.40. The maximum absolute atomic E-state index is 6.26. The predicted octanol–water partition coefficient (Wildman–Crippen LogP) is 40.3. The number of nitrogens with one attached hydrogen (secondary N) is 1. The molecular formula is C116H206N4. The molecule has 120 heavy (non-hydrogen) atoms. The molecule has 690 valence electrons. The number of aryl methyl sites for hydroxylation is 7. The molecule has 5 rings (SSSR count). The Balaban J connectivity index is 1.96. The molecule has 0 aliphatic carbocycles. The topological polar surface area (TPSA) is 46.5 Å². The molecule has 0 fully saturated rings. The van der Waals surface area contributed by atoms with Crippen molar-refractivity contribution in [1.29, 1.82) is 0 Å². The minimum atomic E-state index is 1.05. The van der Waals surface area contributed by atoms with Crippen LogP contribution in [-0.4, -0.2) is 19.5 Å². The third-order valence-corrected chi connectivity index (χ3v) is 28.3. The van der Waals surface area contributed by atoms with Crippen LogP contribution in [0, 0.1) is 0 Å². The lowest BCUT2D eigenvalue weighted by molar-refractivity contribution is 0.539. The summed E-state index contributed by atoms with van der Waals surface area (Å²) in [5.41, 5.74) is 22.6. The first-order valence-corrected chi connectivity index (χ1v) is 55.7. The van der Waals surface area contributed by atoms with E-state index in [9.17, 15) is 0 Å². The fraction of sp³-hybridized carbons (Fsp3) is 0.828. The van der Waals surface area contributed by atoms with E-state index in [1.807, 2.05) is 0 Å². The average molecular weight is 1660 g/mol. The summed E-state index contributed by atoms with van der Waals surface area (Å²) in [4.78, 5) is 17.0. The molecule has 0 aromatic carbocycles. The minimum absolute atomic E-state index is 1.05. The Morgan fingerprint density at radius 1 is 0.192 bits per heavy atom. The third-order valence-electron chi connectivity index (χ3n) is 28.3. The number of nitrogens with zero attached hydrogens (tertiary/aromatic N) is 3. The van der Waals surface area contributed by atoms with Crippen molar-refractivity contribution in [3.05, 3.63) is 67.8 Å². The van der Waals surface area contributed by atoms with E-state index < -0.39 is 0 Å². The van der Waals surface area contributed by atoms with Crippen LogP contribution in [0.2, 0.25) is 0 Å². The molecule has 3 aromatic rings. The summed E-state index contributed by atoms with van der Waals surface area (Å²) >= 11 is 0. The number of aromatic nitrogens is 4. The molecule has 8 bridgehead atoms. The van der Waals surface area contributed by atoms with Crippen molar-refractivity contribution in [2.45, 2.75) is 621 Å². The molecule has 1 N–H and O–H groups in total. The van der Waals surface area contributed by atoms with Gasteiger partial charge in [0.15, 0.2) is 0 Å². The Morgan fingerprint density at radius 3 is 0.658 bits per heavy atom. The zero-order valence-electron chi connectivity index (χ0n) is 82.5. The van der Waals surface area contributed by atoms with Crippen LogP contribution < -0.4 is 0 Å². The molecule has 0 saturated heterocycles. The van der Waals surface area contributed by atoms with Gasteiger partial charge in [-0.2, -0.15) is 0 Å². The van der Waals surface area contributed by atoms with E-state index in [1.54, 1.807) is 38.9 Å². The molecule has 2 aliphatic rings. The molecule has 0 radical (unpaired) electrons. The lowest BCUT2D eigenvalue weighted by Crippen LogP contribution is -2.05. The van der Waals surface area contributed by atoms with E-state index in [-0.39, 0.29) is 0 Å². The Kier molecular flexibility index (Phi) is 68.6. The quantitative estimate of drug-likeness (QED) is 0.0394. The van der Waals surface area contributed by atoms with Crippen LogP contribution in [0.5, 0.6) is 0 Å². The van der Waals surface area contributed by atoms with Crippen molar-refractivity contribution in [1.82, 2.24) is 19.5 Å². The highest BCUT2D eigenvalue weighted by Gasteiger charge is 2.26. The number of unbranched alkanes of at least 4 members (excludes halogenated alkanes) is 72. The van der Waals surface area contributed by atoms with Gasteiger partial charge in [0.25, 0.3) is 0 Å². The zero-order chi connectivity index (χ0) is 85.1. The molecule has 4 nitrogen and oxygen atoms in total. The summed E-state index contributed by atoms with van der Waals surface area (Å²) in [5, 5.41) is 0. The number of fused-ring (bicyclic) bond motifs is 8. The Hall–Kier alpha value is -3.40. The van der Waals surface area contributed by atoms with Gasteiger partial charge < -0.3 is 9.55 Å². The highest BCUT2D eigenvalue weighted by atomic mass is 15.0. The maximum Gasteiger partial charge on any atom is 0.0691 e. The first-order valence-electron chi connectivity index (χ1n) is 55.7. The minimum Gasteiger partial charge on any atom is -0.355 e. The lowest BCUT2D eigenvalue weighted by Gasteiger charge is -2.15. The smallest absolute Gasteiger partial charge is 0.0691 e.